The molecule has 1 aliphatic heterocycles. The van der Waals surface area contributed by atoms with Gasteiger partial charge in [0.05, 0.1) is 17.5 Å². The molecule has 1 aliphatic rings. The first-order valence-electron chi connectivity index (χ1n) is 9.01. The Morgan fingerprint density at radius 1 is 1.52 bits per heavy atom. The van der Waals surface area contributed by atoms with Crippen LogP contribution in [0.5, 0.6) is 0 Å². The third-order valence-electron chi connectivity index (χ3n) is 4.25. The molecule has 0 spiro atoms. The second-order valence-corrected chi connectivity index (χ2v) is 7.68. The van der Waals surface area contributed by atoms with Crippen LogP contribution < -0.4 is 10.2 Å². The van der Waals surface area contributed by atoms with E-state index in [0.717, 1.165) is 12.8 Å². The number of ether oxygens (including phenoxy) is 1. The average Bonchev–Trinajstić information content (AvgIpc) is 3.36. The SMILES string of the molecule is CC(=O)N(c1cccc(Cl)c1)c1nc(/C=C(\C#N)C(=O)NCC2CCCO2)cs1. The molecule has 1 aromatic carbocycles. The highest BCUT2D eigenvalue weighted by Crippen LogP contribution is 2.31. The predicted molar refractivity (Wildman–Crippen MR) is 112 cm³/mol. The number of amides is 2. The molecule has 0 bridgehead atoms. The van der Waals surface area contributed by atoms with Gasteiger partial charge in [0.25, 0.3) is 5.91 Å². The number of rotatable bonds is 6. The van der Waals surface area contributed by atoms with Crippen LogP contribution in [0.15, 0.2) is 35.2 Å². The molecule has 1 N–H and O–H groups in total. The van der Waals surface area contributed by atoms with E-state index in [0.29, 0.717) is 34.7 Å². The molecule has 1 unspecified atom stereocenters. The number of halogens is 1. The molecule has 7 nitrogen and oxygen atoms in total. The van der Waals surface area contributed by atoms with E-state index in [1.807, 2.05) is 6.07 Å². The lowest BCUT2D eigenvalue weighted by Gasteiger charge is -2.18. The average molecular weight is 431 g/mol. The van der Waals surface area contributed by atoms with E-state index in [1.54, 1.807) is 29.6 Å². The maximum absolute atomic E-state index is 12.3. The zero-order valence-electron chi connectivity index (χ0n) is 15.7. The number of nitriles is 1. The third-order valence-corrected chi connectivity index (χ3v) is 5.33. The lowest BCUT2D eigenvalue weighted by atomic mass is 10.2. The second-order valence-electron chi connectivity index (χ2n) is 6.40. The lowest BCUT2D eigenvalue weighted by molar-refractivity contribution is -0.117. The van der Waals surface area contributed by atoms with Crippen molar-refractivity contribution in [3.8, 4) is 6.07 Å². The van der Waals surface area contributed by atoms with Crippen molar-refractivity contribution in [3.63, 3.8) is 0 Å². The maximum atomic E-state index is 12.3. The summed E-state index contributed by atoms with van der Waals surface area (Å²) < 4.78 is 5.46. The molecule has 9 heteroatoms. The molecule has 1 aromatic heterocycles. The van der Waals surface area contributed by atoms with Crippen LogP contribution in [-0.4, -0.2) is 36.1 Å². The molecule has 150 valence electrons. The van der Waals surface area contributed by atoms with E-state index in [2.05, 4.69) is 10.3 Å². The summed E-state index contributed by atoms with van der Waals surface area (Å²) in [5, 5.41) is 14.7. The lowest BCUT2D eigenvalue weighted by Crippen LogP contribution is -2.32. The van der Waals surface area contributed by atoms with Gasteiger partial charge in [0.2, 0.25) is 5.91 Å². The number of benzene rings is 1. The van der Waals surface area contributed by atoms with Gasteiger partial charge in [-0.3, -0.25) is 14.5 Å². The first-order valence-corrected chi connectivity index (χ1v) is 10.3. The molecule has 2 aromatic rings. The Morgan fingerprint density at radius 3 is 3.00 bits per heavy atom. The number of carbonyl (C=O) groups excluding carboxylic acids is 2. The first kappa shape index (κ1) is 21.0. The second kappa shape index (κ2) is 9.65. The van der Waals surface area contributed by atoms with Crippen molar-refractivity contribution in [2.75, 3.05) is 18.1 Å². The van der Waals surface area contributed by atoms with Gasteiger partial charge in [-0.15, -0.1) is 11.3 Å². The number of nitrogens with zero attached hydrogens (tertiary/aromatic N) is 3. The molecule has 1 saturated heterocycles. The van der Waals surface area contributed by atoms with Gasteiger partial charge in [-0.05, 0) is 37.1 Å². The van der Waals surface area contributed by atoms with Gasteiger partial charge in [0, 0.05) is 30.5 Å². The summed E-state index contributed by atoms with van der Waals surface area (Å²) in [6.45, 7) is 2.49. The number of nitrogens with one attached hydrogen (secondary N) is 1. The van der Waals surface area contributed by atoms with E-state index in [4.69, 9.17) is 16.3 Å². The third kappa shape index (κ3) is 5.41. The molecule has 0 radical (unpaired) electrons. The molecule has 2 heterocycles. The van der Waals surface area contributed by atoms with Crippen LogP contribution in [0.4, 0.5) is 10.8 Å². The normalized spacial score (nSPS) is 16.3. The van der Waals surface area contributed by atoms with Gasteiger partial charge in [0.15, 0.2) is 5.13 Å². The van der Waals surface area contributed by atoms with Gasteiger partial charge >= 0.3 is 0 Å². The van der Waals surface area contributed by atoms with E-state index in [9.17, 15) is 14.9 Å². The van der Waals surface area contributed by atoms with Crippen molar-refractivity contribution in [2.45, 2.75) is 25.9 Å². The molecule has 1 atom stereocenters. The van der Waals surface area contributed by atoms with Crippen molar-refractivity contribution in [3.05, 3.63) is 45.9 Å². The number of anilines is 2. The Hall–Kier alpha value is -2.73. The van der Waals surface area contributed by atoms with Crippen molar-refractivity contribution in [1.29, 1.82) is 5.26 Å². The number of thiazole rings is 1. The van der Waals surface area contributed by atoms with Crippen molar-refractivity contribution in [1.82, 2.24) is 10.3 Å². The Kier molecular flexibility index (Phi) is 6.99. The largest absolute Gasteiger partial charge is 0.376 e. The summed E-state index contributed by atoms with van der Waals surface area (Å²) >= 11 is 7.26. The van der Waals surface area contributed by atoms with Crippen LogP contribution in [0, 0.1) is 11.3 Å². The van der Waals surface area contributed by atoms with Gasteiger partial charge < -0.3 is 10.1 Å². The summed E-state index contributed by atoms with van der Waals surface area (Å²) in [6.07, 6.45) is 3.27. The number of hydrogen-bond acceptors (Lipinski definition) is 6. The van der Waals surface area contributed by atoms with Crippen molar-refractivity contribution in [2.24, 2.45) is 0 Å². The maximum Gasteiger partial charge on any atom is 0.262 e. The zero-order valence-corrected chi connectivity index (χ0v) is 17.3. The molecule has 0 saturated carbocycles. The first-order chi connectivity index (χ1) is 14.0. The summed E-state index contributed by atoms with van der Waals surface area (Å²) in [5.41, 5.74) is 0.948. The Morgan fingerprint density at radius 2 is 2.34 bits per heavy atom. The molecule has 2 amide bonds. The summed E-state index contributed by atoms with van der Waals surface area (Å²) in [7, 11) is 0. The number of hydrogen-bond donors (Lipinski definition) is 1. The molecular formula is C20H19ClN4O3S. The van der Waals surface area contributed by atoms with Crippen molar-refractivity contribution >= 4 is 51.6 Å². The molecular weight excluding hydrogens is 412 g/mol. The standard InChI is InChI=1S/C20H19ClN4O3S/c1-13(26)25(17-5-2-4-15(21)9-17)20-24-16(12-29-20)8-14(10-22)19(27)23-11-18-6-3-7-28-18/h2,4-5,8-9,12,18H,3,6-7,11H2,1H3,(H,23,27)/b14-8+. The zero-order chi connectivity index (χ0) is 20.8. The molecule has 29 heavy (non-hydrogen) atoms. The summed E-state index contributed by atoms with van der Waals surface area (Å²) in [4.78, 5) is 30.3. The van der Waals surface area contributed by atoms with Gasteiger partial charge in [0.1, 0.15) is 11.6 Å². The van der Waals surface area contributed by atoms with Crippen LogP contribution >= 0.6 is 22.9 Å². The van der Waals surface area contributed by atoms with Crippen molar-refractivity contribution < 1.29 is 14.3 Å². The Bertz CT molecular complexity index is 976. The predicted octanol–water partition coefficient (Wildman–Crippen LogP) is 3.68. The molecule has 1 fully saturated rings. The minimum Gasteiger partial charge on any atom is -0.376 e. The van der Waals surface area contributed by atoms with Gasteiger partial charge in [-0.2, -0.15) is 5.26 Å². The fourth-order valence-corrected chi connectivity index (χ4v) is 3.92. The monoisotopic (exact) mass is 430 g/mol. The summed E-state index contributed by atoms with van der Waals surface area (Å²) in [5.74, 6) is -0.706. The topological polar surface area (TPSA) is 95.3 Å². The smallest absolute Gasteiger partial charge is 0.262 e. The van der Waals surface area contributed by atoms with Crippen LogP contribution in [0.25, 0.3) is 6.08 Å². The highest BCUT2D eigenvalue weighted by atomic mass is 35.5. The number of aromatic nitrogens is 1. The fraction of sp³-hybridized carbons (Fsp3) is 0.300. The molecule has 0 aliphatic carbocycles. The Labute approximate surface area is 177 Å². The fourth-order valence-electron chi connectivity index (χ4n) is 2.89. The van der Waals surface area contributed by atoms with Gasteiger partial charge in [-0.1, -0.05) is 17.7 Å². The van der Waals surface area contributed by atoms with Crippen LogP contribution in [0.3, 0.4) is 0 Å². The van der Waals surface area contributed by atoms with E-state index in [1.165, 1.54) is 29.2 Å². The van der Waals surface area contributed by atoms with E-state index >= 15 is 0 Å². The van der Waals surface area contributed by atoms with Gasteiger partial charge in [-0.25, -0.2) is 4.98 Å². The van der Waals surface area contributed by atoms with Crippen LogP contribution in [0.1, 0.15) is 25.5 Å². The van der Waals surface area contributed by atoms with E-state index in [-0.39, 0.29) is 17.6 Å². The molecule has 3 rings (SSSR count). The summed E-state index contributed by atoms with van der Waals surface area (Å²) in [6, 6.07) is 8.78. The minimum atomic E-state index is -0.476. The number of carbonyl (C=O) groups is 2. The Balaban J connectivity index is 1.76. The van der Waals surface area contributed by atoms with Crippen LogP contribution in [-0.2, 0) is 14.3 Å². The highest BCUT2D eigenvalue weighted by Gasteiger charge is 2.20. The van der Waals surface area contributed by atoms with Crippen LogP contribution in [0.2, 0.25) is 5.02 Å². The minimum absolute atomic E-state index is 0.00779. The quantitative estimate of drug-likeness (QED) is 0.557. The highest BCUT2D eigenvalue weighted by molar-refractivity contribution is 7.14. The van der Waals surface area contributed by atoms with E-state index < -0.39 is 5.91 Å².